The van der Waals surface area contributed by atoms with Gasteiger partial charge in [0.15, 0.2) is 0 Å². The fourth-order valence-corrected chi connectivity index (χ4v) is 2.94. The van der Waals surface area contributed by atoms with Crippen LogP contribution in [0.1, 0.15) is 39.4 Å². The predicted octanol–water partition coefficient (Wildman–Crippen LogP) is 1.22. The van der Waals surface area contributed by atoms with Crippen LogP contribution < -0.4 is 10.0 Å². The second-order valence-corrected chi connectivity index (χ2v) is 8.50. The van der Waals surface area contributed by atoms with Gasteiger partial charge in [0.25, 0.3) is 10.0 Å². The first kappa shape index (κ1) is 16.5. The maximum Gasteiger partial charge on any atom is 0.273 e. The summed E-state index contributed by atoms with van der Waals surface area (Å²) in [6.07, 6.45) is 1.70. The SMILES string of the molecule is CC(C)(C)NCc1ccc(S(=O)(=O)NCC2(CO)CC2)o1. The van der Waals surface area contributed by atoms with Crippen LogP contribution in [0.15, 0.2) is 21.6 Å². The summed E-state index contributed by atoms with van der Waals surface area (Å²) in [5, 5.41) is 12.4. The molecule has 2 rings (SSSR count). The molecule has 0 atom stereocenters. The summed E-state index contributed by atoms with van der Waals surface area (Å²) >= 11 is 0. The van der Waals surface area contributed by atoms with Crippen molar-refractivity contribution in [2.75, 3.05) is 13.2 Å². The Morgan fingerprint density at radius 2 is 2.00 bits per heavy atom. The summed E-state index contributed by atoms with van der Waals surface area (Å²) in [7, 11) is -3.65. The molecule has 1 aliphatic carbocycles. The van der Waals surface area contributed by atoms with Crippen LogP contribution in [0.4, 0.5) is 0 Å². The van der Waals surface area contributed by atoms with Gasteiger partial charge in [0, 0.05) is 24.1 Å². The Kier molecular flexibility index (Phi) is 4.49. The molecule has 0 aliphatic heterocycles. The van der Waals surface area contributed by atoms with Crippen molar-refractivity contribution in [3.63, 3.8) is 0 Å². The summed E-state index contributed by atoms with van der Waals surface area (Å²) in [6, 6.07) is 3.12. The fourth-order valence-electron chi connectivity index (χ4n) is 1.84. The lowest BCUT2D eigenvalue weighted by Crippen LogP contribution is -2.35. The minimum atomic E-state index is -3.65. The summed E-state index contributed by atoms with van der Waals surface area (Å²) in [5.74, 6) is 0.577. The summed E-state index contributed by atoms with van der Waals surface area (Å²) in [4.78, 5) is 0. The van der Waals surface area contributed by atoms with E-state index in [1.165, 1.54) is 6.07 Å². The quantitative estimate of drug-likeness (QED) is 0.703. The van der Waals surface area contributed by atoms with Crippen LogP contribution in [0, 0.1) is 5.41 Å². The predicted molar refractivity (Wildman–Crippen MR) is 79.2 cm³/mol. The highest BCUT2D eigenvalue weighted by molar-refractivity contribution is 7.89. The molecule has 1 aromatic heterocycles. The number of furan rings is 1. The maximum atomic E-state index is 12.1. The molecule has 1 aliphatic rings. The molecule has 0 spiro atoms. The van der Waals surface area contributed by atoms with E-state index in [4.69, 9.17) is 4.42 Å². The van der Waals surface area contributed by atoms with Crippen molar-refractivity contribution in [3.05, 3.63) is 17.9 Å². The van der Waals surface area contributed by atoms with Gasteiger partial charge in [-0.25, -0.2) is 13.1 Å². The summed E-state index contributed by atoms with van der Waals surface area (Å²) in [5.41, 5.74) is -0.333. The van der Waals surface area contributed by atoms with Gasteiger partial charge in [0.2, 0.25) is 5.09 Å². The van der Waals surface area contributed by atoms with Crippen molar-refractivity contribution in [2.24, 2.45) is 5.41 Å². The molecule has 1 saturated carbocycles. The van der Waals surface area contributed by atoms with Gasteiger partial charge in [-0.3, -0.25) is 0 Å². The molecule has 1 heterocycles. The minimum absolute atomic E-state index is 0.00836. The van der Waals surface area contributed by atoms with Crippen LogP contribution in [0.25, 0.3) is 0 Å². The highest BCUT2D eigenvalue weighted by Gasteiger charge is 2.42. The Bertz CT molecular complexity index is 582. The lowest BCUT2D eigenvalue weighted by atomic mass is 10.1. The van der Waals surface area contributed by atoms with Gasteiger partial charge in [0.05, 0.1) is 6.54 Å². The molecular weight excluding hydrogens is 292 g/mol. The first-order valence-corrected chi connectivity index (χ1v) is 8.58. The van der Waals surface area contributed by atoms with Gasteiger partial charge in [0.1, 0.15) is 5.76 Å². The molecule has 0 bridgehead atoms. The zero-order chi connectivity index (χ0) is 15.7. The van der Waals surface area contributed by atoms with E-state index in [1.54, 1.807) is 6.07 Å². The Morgan fingerprint density at radius 3 is 2.52 bits per heavy atom. The highest BCUT2D eigenvalue weighted by Crippen LogP contribution is 2.44. The Labute approximate surface area is 126 Å². The third-order valence-corrected chi connectivity index (χ3v) is 4.90. The van der Waals surface area contributed by atoms with Crippen LogP contribution in [0.5, 0.6) is 0 Å². The minimum Gasteiger partial charge on any atom is -0.447 e. The largest absolute Gasteiger partial charge is 0.447 e. The fraction of sp³-hybridized carbons (Fsp3) is 0.714. The lowest BCUT2D eigenvalue weighted by Gasteiger charge is -2.19. The topological polar surface area (TPSA) is 91.6 Å². The molecule has 3 N–H and O–H groups in total. The van der Waals surface area contributed by atoms with Gasteiger partial charge in [-0.2, -0.15) is 0 Å². The van der Waals surface area contributed by atoms with Crippen LogP contribution in [-0.2, 0) is 16.6 Å². The molecule has 1 fully saturated rings. The molecule has 0 amide bonds. The van der Waals surface area contributed by atoms with Gasteiger partial charge < -0.3 is 14.8 Å². The van der Waals surface area contributed by atoms with E-state index in [-0.39, 0.29) is 29.2 Å². The number of rotatable bonds is 7. The number of aliphatic hydroxyl groups excluding tert-OH is 1. The van der Waals surface area contributed by atoms with E-state index in [1.807, 2.05) is 20.8 Å². The van der Waals surface area contributed by atoms with Gasteiger partial charge in [-0.1, -0.05) is 0 Å². The lowest BCUT2D eigenvalue weighted by molar-refractivity contribution is 0.213. The second kappa shape index (κ2) is 5.72. The molecule has 0 aromatic carbocycles. The van der Waals surface area contributed by atoms with E-state index in [0.29, 0.717) is 12.3 Å². The molecule has 0 saturated heterocycles. The number of hydrogen-bond donors (Lipinski definition) is 3. The molecule has 1 aromatic rings. The zero-order valence-corrected chi connectivity index (χ0v) is 13.6. The number of hydrogen-bond acceptors (Lipinski definition) is 5. The van der Waals surface area contributed by atoms with Crippen LogP contribution in [-0.4, -0.2) is 32.2 Å². The molecule has 0 unspecified atom stereocenters. The monoisotopic (exact) mass is 316 g/mol. The van der Waals surface area contributed by atoms with E-state index < -0.39 is 10.0 Å². The van der Waals surface area contributed by atoms with Crippen LogP contribution in [0.3, 0.4) is 0 Å². The Hall–Kier alpha value is -0.890. The van der Waals surface area contributed by atoms with Gasteiger partial charge in [-0.15, -0.1) is 0 Å². The second-order valence-electron chi connectivity index (χ2n) is 6.81. The van der Waals surface area contributed by atoms with Gasteiger partial charge in [-0.05, 0) is 45.7 Å². The number of sulfonamides is 1. The average molecular weight is 316 g/mol. The van der Waals surface area contributed by atoms with Crippen molar-refractivity contribution >= 4 is 10.0 Å². The first-order valence-electron chi connectivity index (χ1n) is 7.10. The van der Waals surface area contributed by atoms with E-state index >= 15 is 0 Å². The van der Waals surface area contributed by atoms with E-state index in [0.717, 1.165) is 12.8 Å². The van der Waals surface area contributed by atoms with Crippen molar-refractivity contribution in [1.82, 2.24) is 10.0 Å². The summed E-state index contributed by atoms with van der Waals surface area (Å²) < 4.78 is 32.2. The van der Waals surface area contributed by atoms with E-state index in [9.17, 15) is 13.5 Å². The van der Waals surface area contributed by atoms with Crippen LogP contribution >= 0.6 is 0 Å². The zero-order valence-electron chi connectivity index (χ0n) is 12.8. The third-order valence-electron chi connectivity index (χ3n) is 3.62. The van der Waals surface area contributed by atoms with Crippen molar-refractivity contribution in [1.29, 1.82) is 0 Å². The Balaban J connectivity index is 1.96. The molecular formula is C14H24N2O4S. The molecule has 6 nitrogen and oxygen atoms in total. The molecule has 21 heavy (non-hydrogen) atoms. The first-order chi connectivity index (χ1) is 9.66. The van der Waals surface area contributed by atoms with Crippen LogP contribution in [0.2, 0.25) is 0 Å². The maximum absolute atomic E-state index is 12.1. The van der Waals surface area contributed by atoms with Gasteiger partial charge >= 0.3 is 0 Å². The summed E-state index contributed by atoms with van der Waals surface area (Å²) in [6.45, 7) is 6.81. The third kappa shape index (κ3) is 4.54. The number of aliphatic hydroxyl groups is 1. The van der Waals surface area contributed by atoms with Crippen molar-refractivity contribution < 1.29 is 17.9 Å². The number of nitrogens with one attached hydrogen (secondary N) is 2. The standard InChI is InChI=1S/C14H24N2O4S/c1-13(2,3)15-8-11-4-5-12(20-11)21(18,19)16-9-14(10-17)6-7-14/h4-5,15-17H,6-10H2,1-3H3. The smallest absolute Gasteiger partial charge is 0.273 e. The molecule has 120 valence electrons. The molecule has 7 heteroatoms. The average Bonchev–Trinajstić information content (AvgIpc) is 3.01. The Morgan fingerprint density at radius 1 is 1.33 bits per heavy atom. The normalized spacial score (nSPS) is 17.9. The van der Waals surface area contributed by atoms with Crippen molar-refractivity contribution in [2.45, 2.75) is 50.8 Å². The van der Waals surface area contributed by atoms with E-state index in [2.05, 4.69) is 10.0 Å². The highest BCUT2D eigenvalue weighted by atomic mass is 32.2. The van der Waals surface area contributed by atoms with Crippen molar-refractivity contribution in [3.8, 4) is 0 Å². The molecule has 0 radical (unpaired) electrons.